The third-order valence-corrected chi connectivity index (χ3v) is 3.63. The summed E-state index contributed by atoms with van der Waals surface area (Å²) in [5.74, 6) is 0. The van der Waals surface area contributed by atoms with Crippen LogP contribution in [-0.4, -0.2) is 24.5 Å². The van der Waals surface area contributed by atoms with Gasteiger partial charge in [0.1, 0.15) is 5.60 Å². The van der Waals surface area contributed by atoms with E-state index in [1.165, 1.54) is 11.3 Å². The van der Waals surface area contributed by atoms with E-state index in [0.717, 1.165) is 30.4 Å². The van der Waals surface area contributed by atoms with Crippen LogP contribution in [0.3, 0.4) is 0 Å². The topological polar surface area (TPSA) is 46.6 Å². The summed E-state index contributed by atoms with van der Waals surface area (Å²) in [7, 11) is 0. The Kier molecular flexibility index (Phi) is 3.43. The van der Waals surface area contributed by atoms with E-state index in [1.807, 2.05) is 26.2 Å². The number of ether oxygens (including phenoxy) is 1. The molecule has 0 radical (unpaired) electrons. The zero-order valence-corrected chi connectivity index (χ0v) is 11.7. The van der Waals surface area contributed by atoms with Crippen LogP contribution in [-0.2, 0) is 11.2 Å². The fraction of sp³-hybridized carbons (Fsp3) is 0.538. The van der Waals surface area contributed by atoms with Crippen LogP contribution in [0, 0.1) is 0 Å². The van der Waals surface area contributed by atoms with Gasteiger partial charge in [-0.25, -0.2) is 4.79 Å². The van der Waals surface area contributed by atoms with E-state index in [4.69, 9.17) is 4.74 Å². The quantitative estimate of drug-likeness (QED) is 0.734. The normalized spacial score (nSPS) is 15.2. The number of hydrogen-bond donors (Lipinski definition) is 0. The zero-order valence-electron chi connectivity index (χ0n) is 10.9. The molecule has 1 amide bonds. The minimum Gasteiger partial charge on any atom is -0.443 e. The summed E-state index contributed by atoms with van der Waals surface area (Å²) in [6, 6.07) is 0. The number of thiophene rings is 1. The average molecular weight is 267 g/mol. The molecule has 0 saturated heterocycles. The Hall–Kier alpha value is -1.36. The lowest BCUT2D eigenvalue weighted by atomic mass is 10.1. The van der Waals surface area contributed by atoms with Crippen molar-refractivity contribution in [2.24, 2.45) is 0 Å². The average Bonchev–Trinajstić information content (AvgIpc) is 2.69. The lowest BCUT2D eigenvalue weighted by Gasteiger charge is -2.30. The number of aryl methyl sites for hydroxylation is 1. The maximum Gasteiger partial charge on any atom is 0.414 e. The Morgan fingerprint density at radius 1 is 1.50 bits per heavy atom. The second-order valence-electron chi connectivity index (χ2n) is 5.33. The van der Waals surface area contributed by atoms with Crippen LogP contribution in [0.4, 0.5) is 10.5 Å². The van der Waals surface area contributed by atoms with Gasteiger partial charge < -0.3 is 4.74 Å². The molecular formula is C13H17NO3S. The summed E-state index contributed by atoms with van der Waals surface area (Å²) in [5.41, 5.74) is 1.29. The van der Waals surface area contributed by atoms with Gasteiger partial charge in [0.2, 0.25) is 0 Å². The van der Waals surface area contributed by atoms with Crippen molar-refractivity contribution in [3.8, 4) is 0 Å². The highest BCUT2D eigenvalue weighted by Crippen LogP contribution is 2.35. The first-order chi connectivity index (χ1) is 8.42. The number of anilines is 1. The van der Waals surface area contributed by atoms with Crippen LogP contribution in [0.25, 0.3) is 0 Å². The lowest BCUT2D eigenvalue weighted by molar-refractivity contribution is 0.0578. The first-order valence-corrected chi connectivity index (χ1v) is 6.86. The van der Waals surface area contributed by atoms with Gasteiger partial charge in [0, 0.05) is 6.54 Å². The molecule has 5 heteroatoms. The Labute approximate surface area is 111 Å². The fourth-order valence-corrected chi connectivity index (χ4v) is 2.92. The van der Waals surface area contributed by atoms with Crippen LogP contribution >= 0.6 is 11.3 Å². The van der Waals surface area contributed by atoms with Crippen LogP contribution in [0.5, 0.6) is 0 Å². The first kappa shape index (κ1) is 13.1. The second-order valence-corrected chi connectivity index (χ2v) is 6.24. The van der Waals surface area contributed by atoms with Crippen molar-refractivity contribution in [2.75, 3.05) is 11.4 Å². The maximum absolute atomic E-state index is 12.1. The standard InChI is InChI=1S/C13H17NO3S/c1-13(2,3)17-12(16)14-6-4-5-9-8-18-10(7-15)11(9)14/h7-8H,4-6H2,1-3H3. The third kappa shape index (κ3) is 2.56. The van der Waals surface area contributed by atoms with E-state index in [0.29, 0.717) is 11.4 Å². The van der Waals surface area contributed by atoms with Crippen molar-refractivity contribution in [3.63, 3.8) is 0 Å². The van der Waals surface area contributed by atoms with Crippen molar-refractivity contribution in [3.05, 3.63) is 15.8 Å². The number of rotatable bonds is 1. The summed E-state index contributed by atoms with van der Waals surface area (Å²) < 4.78 is 5.38. The van der Waals surface area contributed by atoms with Gasteiger partial charge in [-0.05, 0) is 44.6 Å². The summed E-state index contributed by atoms with van der Waals surface area (Å²) in [6.45, 7) is 6.12. The van der Waals surface area contributed by atoms with Gasteiger partial charge in [-0.2, -0.15) is 0 Å². The fourth-order valence-electron chi connectivity index (χ4n) is 2.01. The Balaban J connectivity index is 2.29. The van der Waals surface area contributed by atoms with Gasteiger partial charge in [-0.15, -0.1) is 11.3 Å². The molecule has 0 unspecified atom stereocenters. The third-order valence-electron chi connectivity index (χ3n) is 2.68. The monoisotopic (exact) mass is 267 g/mol. The zero-order chi connectivity index (χ0) is 13.3. The van der Waals surface area contributed by atoms with Crippen molar-refractivity contribution < 1.29 is 14.3 Å². The highest BCUT2D eigenvalue weighted by Gasteiger charge is 2.30. The van der Waals surface area contributed by atoms with Gasteiger partial charge in [0.25, 0.3) is 0 Å². The number of aldehydes is 1. The van der Waals surface area contributed by atoms with Crippen molar-refractivity contribution in [1.29, 1.82) is 0 Å². The molecule has 2 rings (SSSR count). The molecule has 1 aromatic heterocycles. The minimum absolute atomic E-state index is 0.370. The molecule has 1 aliphatic rings. The molecule has 0 N–H and O–H groups in total. The Morgan fingerprint density at radius 3 is 2.83 bits per heavy atom. The minimum atomic E-state index is -0.522. The summed E-state index contributed by atoms with van der Waals surface area (Å²) in [6.07, 6.45) is 2.26. The van der Waals surface area contributed by atoms with Crippen LogP contribution in [0.2, 0.25) is 0 Å². The number of carbonyl (C=O) groups excluding carboxylic acids is 2. The van der Waals surface area contributed by atoms with E-state index in [9.17, 15) is 9.59 Å². The van der Waals surface area contributed by atoms with Gasteiger partial charge >= 0.3 is 6.09 Å². The van der Waals surface area contributed by atoms with Crippen molar-refractivity contribution >= 4 is 29.4 Å². The van der Waals surface area contributed by atoms with Gasteiger partial charge in [-0.1, -0.05) is 0 Å². The molecule has 98 valence electrons. The van der Waals surface area contributed by atoms with Gasteiger partial charge in [0.05, 0.1) is 10.6 Å². The number of carbonyl (C=O) groups is 2. The van der Waals surface area contributed by atoms with Gasteiger partial charge in [0.15, 0.2) is 6.29 Å². The predicted octanol–water partition coefficient (Wildman–Crippen LogP) is 3.25. The van der Waals surface area contributed by atoms with E-state index < -0.39 is 5.60 Å². The largest absolute Gasteiger partial charge is 0.443 e. The molecule has 1 aromatic rings. The van der Waals surface area contributed by atoms with Crippen LogP contribution in [0.1, 0.15) is 42.4 Å². The predicted molar refractivity (Wildman–Crippen MR) is 71.6 cm³/mol. The molecule has 4 nitrogen and oxygen atoms in total. The summed E-state index contributed by atoms with van der Waals surface area (Å²) in [4.78, 5) is 25.4. The Bertz CT molecular complexity index is 473. The molecule has 0 bridgehead atoms. The first-order valence-electron chi connectivity index (χ1n) is 5.98. The van der Waals surface area contributed by atoms with E-state index >= 15 is 0 Å². The smallest absolute Gasteiger partial charge is 0.414 e. The number of nitrogens with zero attached hydrogens (tertiary/aromatic N) is 1. The number of hydrogen-bond acceptors (Lipinski definition) is 4. The maximum atomic E-state index is 12.1. The summed E-state index contributed by atoms with van der Waals surface area (Å²) in [5, 5.41) is 1.95. The second kappa shape index (κ2) is 4.72. The van der Waals surface area contributed by atoms with Crippen molar-refractivity contribution in [1.82, 2.24) is 0 Å². The number of amides is 1. The molecule has 1 aliphatic heterocycles. The van der Waals surface area contributed by atoms with Crippen LogP contribution in [0.15, 0.2) is 5.38 Å². The molecule has 0 aliphatic carbocycles. The van der Waals surface area contributed by atoms with E-state index in [2.05, 4.69) is 0 Å². The van der Waals surface area contributed by atoms with Crippen LogP contribution < -0.4 is 4.90 Å². The highest BCUT2D eigenvalue weighted by molar-refractivity contribution is 7.12. The SMILES string of the molecule is CC(C)(C)OC(=O)N1CCCc2csc(C=O)c21. The molecule has 0 saturated carbocycles. The molecular weight excluding hydrogens is 250 g/mol. The molecule has 0 spiro atoms. The molecule has 0 fully saturated rings. The van der Waals surface area contributed by atoms with E-state index in [-0.39, 0.29) is 6.09 Å². The van der Waals surface area contributed by atoms with E-state index in [1.54, 1.807) is 4.90 Å². The molecule has 18 heavy (non-hydrogen) atoms. The highest BCUT2D eigenvalue weighted by atomic mass is 32.1. The lowest BCUT2D eigenvalue weighted by Crippen LogP contribution is -2.39. The van der Waals surface area contributed by atoms with Crippen molar-refractivity contribution in [2.45, 2.75) is 39.2 Å². The molecule has 0 atom stereocenters. The molecule has 0 aromatic carbocycles. The van der Waals surface area contributed by atoms with Gasteiger partial charge in [-0.3, -0.25) is 9.69 Å². The summed E-state index contributed by atoms with van der Waals surface area (Å²) >= 11 is 1.39. The number of fused-ring (bicyclic) bond motifs is 1. The Morgan fingerprint density at radius 2 is 2.22 bits per heavy atom. The molecule has 2 heterocycles.